The van der Waals surface area contributed by atoms with Gasteiger partial charge in [-0.15, -0.1) is 0 Å². The SMILES string of the molecule is CCC[C@@H]1[C@H]2O[C@@]3(CCCN3C2=O)[C@H]1C(=O)OCc1ccc(Br)cc1. The molecule has 4 rings (SSSR count). The van der Waals surface area contributed by atoms with Gasteiger partial charge < -0.3 is 14.4 Å². The van der Waals surface area contributed by atoms with E-state index in [2.05, 4.69) is 22.9 Å². The topological polar surface area (TPSA) is 55.8 Å². The second kappa shape index (κ2) is 6.40. The molecular weight excluding hydrogens is 386 g/mol. The van der Waals surface area contributed by atoms with E-state index in [1.807, 2.05) is 24.3 Å². The number of hydrogen-bond acceptors (Lipinski definition) is 4. The molecule has 0 saturated carbocycles. The Morgan fingerprint density at radius 3 is 2.88 bits per heavy atom. The van der Waals surface area contributed by atoms with Gasteiger partial charge in [-0.3, -0.25) is 9.59 Å². The van der Waals surface area contributed by atoms with Crippen LogP contribution < -0.4 is 0 Å². The number of rotatable bonds is 5. The van der Waals surface area contributed by atoms with Crippen LogP contribution >= 0.6 is 15.9 Å². The number of amides is 1. The Hall–Kier alpha value is -1.40. The minimum atomic E-state index is -0.752. The lowest BCUT2D eigenvalue weighted by Gasteiger charge is -2.38. The van der Waals surface area contributed by atoms with Crippen molar-refractivity contribution in [2.24, 2.45) is 11.8 Å². The van der Waals surface area contributed by atoms with Crippen LogP contribution in [0.3, 0.4) is 0 Å². The maximum absolute atomic E-state index is 13.0. The van der Waals surface area contributed by atoms with E-state index in [0.29, 0.717) is 6.54 Å². The van der Waals surface area contributed by atoms with Crippen molar-refractivity contribution in [3.63, 3.8) is 0 Å². The summed E-state index contributed by atoms with van der Waals surface area (Å²) >= 11 is 3.40. The predicted octanol–water partition coefficient (Wildman–Crippen LogP) is 3.26. The zero-order chi connectivity index (χ0) is 17.6. The van der Waals surface area contributed by atoms with Crippen molar-refractivity contribution < 1.29 is 19.1 Å². The molecule has 3 aliphatic heterocycles. The van der Waals surface area contributed by atoms with Gasteiger partial charge in [0.2, 0.25) is 0 Å². The number of carbonyl (C=O) groups is 2. The number of esters is 1. The van der Waals surface area contributed by atoms with E-state index in [1.54, 1.807) is 4.90 Å². The molecule has 3 saturated heterocycles. The summed E-state index contributed by atoms with van der Waals surface area (Å²) < 4.78 is 12.8. The van der Waals surface area contributed by atoms with Crippen LogP contribution in [0, 0.1) is 11.8 Å². The summed E-state index contributed by atoms with van der Waals surface area (Å²) in [6.45, 7) is 3.01. The fraction of sp³-hybridized carbons (Fsp3) is 0.579. The Labute approximate surface area is 155 Å². The van der Waals surface area contributed by atoms with Crippen molar-refractivity contribution in [2.75, 3.05) is 6.54 Å². The Kier molecular flexibility index (Phi) is 4.36. The Morgan fingerprint density at radius 2 is 2.16 bits per heavy atom. The summed E-state index contributed by atoms with van der Waals surface area (Å²) in [4.78, 5) is 27.3. The van der Waals surface area contributed by atoms with Crippen molar-refractivity contribution in [3.8, 4) is 0 Å². The molecule has 1 aromatic carbocycles. The molecule has 4 atom stereocenters. The van der Waals surface area contributed by atoms with Gasteiger partial charge in [0.15, 0.2) is 5.72 Å². The second-order valence-electron chi connectivity index (χ2n) is 7.14. The van der Waals surface area contributed by atoms with Crippen molar-refractivity contribution in [1.29, 1.82) is 0 Å². The zero-order valence-corrected chi connectivity index (χ0v) is 15.8. The number of fused-ring (bicyclic) bond motifs is 1. The van der Waals surface area contributed by atoms with Gasteiger partial charge in [0.05, 0.1) is 0 Å². The molecule has 1 spiro atoms. The normalized spacial score (nSPS) is 33.0. The molecule has 2 bridgehead atoms. The first kappa shape index (κ1) is 17.0. The van der Waals surface area contributed by atoms with E-state index in [0.717, 1.165) is 35.7 Å². The average Bonchev–Trinajstić information content (AvgIpc) is 3.23. The van der Waals surface area contributed by atoms with Crippen molar-refractivity contribution >= 4 is 27.8 Å². The molecule has 0 aliphatic carbocycles. The number of carbonyl (C=O) groups excluding carboxylic acids is 2. The van der Waals surface area contributed by atoms with E-state index in [-0.39, 0.29) is 30.3 Å². The van der Waals surface area contributed by atoms with Gasteiger partial charge >= 0.3 is 5.97 Å². The first-order valence-corrected chi connectivity index (χ1v) is 9.76. The zero-order valence-electron chi connectivity index (χ0n) is 14.2. The molecule has 0 N–H and O–H groups in total. The number of nitrogens with zero attached hydrogens (tertiary/aromatic N) is 1. The van der Waals surface area contributed by atoms with Gasteiger partial charge in [0, 0.05) is 16.9 Å². The molecule has 0 radical (unpaired) electrons. The smallest absolute Gasteiger partial charge is 0.314 e. The maximum Gasteiger partial charge on any atom is 0.314 e. The van der Waals surface area contributed by atoms with Crippen LogP contribution in [0.2, 0.25) is 0 Å². The highest BCUT2D eigenvalue weighted by molar-refractivity contribution is 9.10. The summed E-state index contributed by atoms with van der Waals surface area (Å²) in [6, 6.07) is 7.73. The van der Waals surface area contributed by atoms with E-state index in [9.17, 15) is 9.59 Å². The molecule has 5 nitrogen and oxygen atoms in total. The van der Waals surface area contributed by atoms with Crippen molar-refractivity contribution in [2.45, 2.75) is 51.0 Å². The maximum atomic E-state index is 13.0. The first-order chi connectivity index (χ1) is 12.1. The molecular formula is C19H22BrNO4. The fourth-order valence-electron chi connectivity index (χ4n) is 4.67. The van der Waals surface area contributed by atoms with E-state index in [4.69, 9.17) is 9.47 Å². The Morgan fingerprint density at radius 1 is 1.40 bits per heavy atom. The molecule has 3 aliphatic rings. The standard InChI is InChI=1S/C19H22BrNO4/c1-2-4-14-15(18(23)24-11-12-5-7-13(20)8-6-12)19-9-3-10-21(19)17(22)16(14)25-19/h5-8,14-16H,2-4,9-11H2,1H3/t14-,15+,16+,19-/m0/s1. The van der Waals surface area contributed by atoms with Crippen LogP contribution in [0.15, 0.2) is 28.7 Å². The van der Waals surface area contributed by atoms with Gasteiger partial charge in [-0.25, -0.2) is 0 Å². The highest BCUT2D eigenvalue weighted by atomic mass is 79.9. The van der Waals surface area contributed by atoms with E-state index < -0.39 is 11.8 Å². The van der Waals surface area contributed by atoms with Crippen LogP contribution in [0.4, 0.5) is 0 Å². The number of hydrogen-bond donors (Lipinski definition) is 0. The minimum absolute atomic E-state index is 0.0629. The number of piperidine rings is 1. The highest BCUT2D eigenvalue weighted by Gasteiger charge is 2.71. The molecule has 3 heterocycles. The molecule has 0 aromatic heterocycles. The summed E-state index contributed by atoms with van der Waals surface area (Å²) in [5.41, 5.74) is 0.197. The monoisotopic (exact) mass is 407 g/mol. The average molecular weight is 408 g/mol. The first-order valence-electron chi connectivity index (χ1n) is 8.97. The Balaban J connectivity index is 1.53. The van der Waals surface area contributed by atoms with E-state index >= 15 is 0 Å². The lowest BCUT2D eigenvalue weighted by atomic mass is 9.77. The van der Waals surface area contributed by atoms with Crippen LogP contribution in [0.25, 0.3) is 0 Å². The van der Waals surface area contributed by atoms with Gasteiger partial charge in [0.25, 0.3) is 5.91 Å². The van der Waals surface area contributed by atoms with Crippen LogP contribution in [0.5, 0.6) is 0 Å². The lowest BCUT2D eigenvalue weighted by molar-refractivity contribution is -0.166. The van der Waals surface area contributed by atoms with Gasteiger partial charge in [0.1, 0.15) is 18.6 Å². The van der Waals surface area contributed by atoms with Gasteiger partial charge in [-0.2, -0.15) is 0 Å². The molecule has 0 unspecified atom stereocenters. The molecule has 134 valence electrons. The fourth-order valence-corrected chi connectivity index (χ4v) is 4.93. The molecule has 3 fully saturated rings. The third kappa shape index (κ3) is 2.61. The van der Waals surface area contributed by atoms with Crippen LogP contribution in [-0.4, -0.2) is 35.2 Å². The highest BCUT2D eigenvalue weighted by Crippen LogP contribution is 2.56. The number of benzene rings is 1. The van der Waals surface area contributed by atoms with Gasteiger partial charge in [-0.05, 0) is 37.0 Å². The predicted molar refractivity (Wildman–Crippen MR) is 94.4 cm³/mol. The summed E-state index contributed by atoms with van der Waals surface area (Å²) in [5, 5.41) is 0. The van der Waals surface area contributed by atoms with Crippen molar-refractivity contribution in [3.05, 3.63) is 34.3 Å². The molecule has 1 amide bonds. The second-order valence-corrected chi connectivity index (χ2v) is 8.06. The summed E-state index contributed by atoms with van der Waals surface area (Å²) in [6.07, 6.45) is 2.88. The molecule has 6 heteroatoms. The lowest BCUT2D eigenvalue weighted by Crippen LogP contribution is -2.55. The van der Waals surface area contributed by atoms with Gasteiger partial charge in [-0.1, -0.05) is 41.4 Å². The Bertz CT molecular complexity index is 691. The number of halogens is 1. The summed E-state index contributed by atoms with van der Waals surface area (Å²) in [5.74, 6) is -0.603. The quantitative estimate of drug-likeness (QED) is 0.702. The number of ether oxygens (including phenoxy) is 2. The van der Waals surface area contributed by atoms with Crippen LogP contribution in [0.1, 0.15) is 38.2 Å². The van der Waals surface area contributed by atoms with Crippen LogP contribution in [-0.2, 0) is 25.7 Å². The molecule has 1 aromatic rings. The van der Waals surface area contributed by atoms with Crippen molar-refractivity contribution in [1.82, 2.24) is 4.90 Å². The third-order valence-corrected chi connectivity index (χ3v) is 6.22. The largest absolute Gasteiger partial charge is 0.460 e. The van der Waals surface area contributed by atoms with E-state index in [1.165, 1.54) is 0 Å². The molecule has 25 heavy (non-hydrogen) atoms. The minimum Gasteiger partial charge on any atom is -0.460 e. The third-order valence-electron chi connectivity index (χ3n) is 5.69. The summed E-state index contributed by atoms with van der Waals surface area (Å²) in [7, 11) is 0.